The van der Waals surface area contributed by atoms with E-state index in [4.69, 9.17) is 16.0 Å². The van der Waals surface area contributed by atoms with Crippen LogP contribution >= 0.6 is 56.8 Å². The molecule has 0 aliphatic heterocycles. The van der Waals surface area contributed by atoms with Crippen molar-refractivity contribution < 1.29 is 14.3 Å². The number of hydrogen-bond donors (Lipinski definition) is 1. The van der Waals surface area contributed by atoms with Gasteiger partial charge in [-0.2, -0.15) is 0 Å². The fraction of sp³-hybridized carbons (Fsp3) is 0.211. The number of furan rings is 1. The minimum atomic E-state index is -0.0944. The fourth-order valence-electron chi connectivity index (χ4n) is 2.72. The first-order valence-electron chi connectivity index (χ1n) is 7.86. The lowest BCUT2D eigenvalue weighted by molar-refractivity contribution is 0.103. The Labute approximate surface area is 178 Å². The first kappa shape index (κ1) is 19.0. The fourth-order valence-corrected chi connectivity index (χ4v) is 4.65. The summed E-state index contributed by atoms with van der Waals surface area (Å²) in [4.78, 5) is 13.2. The maximum absolute atomic E-state index is 13.2. The van der Waals surface area contributed by atoms with Crippen LogP contribution in [0.2, 0.25) is 5.02 Å². The summed E-state index contributed by atoms with van der Waals surface area (Å²) in [5.74, 6) is 0.804. The summed E-state index contributed by atoms with van der Waals surface area (Å²) in [6.45, 7) is 2.10. The number of carbonyl (C=O) groups excluding carboxylic acids is 1. The standard InChI is InChI=1S/C19H15ClI2O3/c1-2-3-4-15-17(12-6-5-11(20)9-16(12)25-15)18(23)10-7-13(21)19(24)14(22)8-10/h5-9,24H,2-4H2,1H3. The van der Waals surface area contributed by atoms with E-state index in [-0.39, 0.29) is 11.5 Å². The maximum Gasteiger partial charge on any atom is 0.197 e. The molecule has 3 rings (SSSR count). The largest absolute Gasteiger partial charge is 0.506 e. The van der Waals surface area contributed by atoms with E-state index in [2.05, 4.69) is 6.92 Å². The zero-order chi connectivity index (χ0) is 18.1. The third-order valence-electron chi connectivity index (χ3n) is 3.99. The van der Waals surface area contributed by atoms with Gasteiger partial charge >= 0.3 is 0 Å². The molecule has 1 heterocycles. The van der Waals surface area contributed by atoms with Crippen LogP contribution in [0.4, 0.5) is 0 Å². The van der Waals surface area contributed by atoms with Crippen LogP contribution in [0.3, 0.4) is 0 Å². The van der Waals surface area contributed by atoms with Crippen LogP contribution in [-0.2, 0) is 6.42 Å². The number of carbonyl (C=O) groups is 1. The predicted octanol–water partition coefficient (Wildman–Crippen LogP) is 6.57. The smallest absolute Gasteiger partial charge is 0.197 e. The number of benzene rings is 2. The molecular weight excluding hydrogens is 565 g/mol. The molecule has 0 aliphatic rings. The molecule has 1 aromatic heterocycles. The summed E-state index contributed by atoms with van der Waals surface area (Å²) in [6, 6.07) is 8.76. The van der Waals surface area contributed by atoms with Crippen molar-refractivity contribution in [1.29, 1.82) is 0 Å². The Morgan fingerprint density at radius 3 is 2.52 bits per heavy atom. The third kappa shape index (κ3) is 3.83. The highest BCUT2D eigenvalue weighted by Crippen LogP contribution is 2.33. The Bertz CT molecular complexity index is 940. The second-order valence-corrected chi connectivity index (χ2v) is 8.52. The number of rotatable bonds is 5. The van der Waals surface area contributed by atoms with Crippen molar-refractivity contribution in [3.8, 4) is 5.75 Å². The lowest BCUT2D eigenvalue weighted by atomic mass is 9.98. The molecule has 0 fully saturated rings. The molecule has 0 radical (unpaired) electrons. The average molecular weight is 581 g/mol. The van der Waals surface area contributed by atoms with Crippen LogP contribution in [-0.4, -0.2) is 10.9 Å². The van der Waals surface area contributed by atoms with Gasteiger partial charge in [0.1, 0.15) is 17.1 Å². The van der Waals surface area contributed by atoms with Crippen LogP contribution in [0, 0.1) is 7.14 Å². The molecule has 0 aliphatic carbocycles. The summed E-state index contributed by atoms with van der Waals surface area (Å²) in [5, 5.41) is 11.3. The van der Waals surface area contributed by atoms with Gasteiger partial charge in [-0.1, -0.05) is 24.9 Å². The Morgan fingerprint density at radius 1 is 1.20 bits per heavy atom. The number of fused-ring (bicyclic) bond motifs is 1. The highest BCUT2D eigenvalue weighted by molar-refractivity contribution is 14.1. The SMILES string of the molecule is CCCCc1oc2cc(Cl)ccc2c1C(=O)c1cc(I)c(O)c(I)c1. The molecule has 0 unspecified atom stereocenters. The normalized spacial score (nSPS) is 11.2. The van der Waals surface area contributed by atoms with Gasteiger partial charge in [-0.05, 0) is 75.9 Å². The van der Waals surface area contributed by atoms with E-state index >= 15 is 0 Å². The molecule has 0 bridgehead atoms. The van der Waals surface area contributed by atoms with Crippen LogP contribution in [0.1, 0.15) is 41.4 Å². The Hall–Kier alpha value is -0.800. The van der Waals surface area contributed by atoms with Gasteiger partial charge in [0.15, 0.2) is 5.78 Å². The number of unbranched alkanes of at least 4 members (excludes halogenated alkanes) is 1. The molecule has 0 spiro atoms. The molecular formula is C19H15ClI2O3. The van der Waals surface area contributed by atoms with Gasteiger partial charge in [-0.25, -0.2) is 0 Å². The number of aromatic hydroxyl groups is 1. The van der Waals surface area contributed by atoms with E-state index in [9.17, 15) is 9.90 Å². The van der Waals surface area contributed by atoms with Crippen LogP contribution in [0.25, 0.3) is 11.0 Å². The van der Waals surface area contributed by atoms with E-state index in [1.165, 1.54) is 0 Å². The van der Waals surface area contributed by atoms with E-state index in [0.29, 0.717) is 41.1 Å². The number of hydrogen-bond acceptors (Lipinski definition) is 3. The molecule has 25 heavy (non-hydrogen) atoms. The van der Waals surface area contributed by atoms with E-state index in [1.807, 2.05) is 51.2 Å². The number of aryl methyl sites for hydroxylation is 1. The van der Waals surface area contributed by atoms with E-state index in [0.717, 1.165) is 18.2 Å². The highest BCUT2D eigenvalue weighted by Gasteiger charge is 2.23. The number of halogens is 3. The average Bonchev–Trinajstić information content (AvgIpc) is 2.93. The van der Waals surface area contributed by atoms with Gasteiger partial charge in [-0.15, -0.1) is 0 Å². The predicted molar refractivity (Wildman–Crippen MR) is 117 cm³/mol. The summed E-state index contributed by atoms with van der Waals surface area (Å²) in [6.07, 6.45) is 2.66. The maximum atomic E-state index is 13.2. The van der Waals surface area contributed by atoms with Gasteiger partial charge in [0.05, 0.1) is 12.7 Å². The minimum Gasteiger partial charge on any atom is -0.506 e. The molecule has 3 aromatic rings. The van der Waals surface area contributed by atoms with Crippen molar-refractivity contribution in [1.82, 2.24) is 0 Å². The van der Waals surface area contributed by atoms with Gasteiger partial charge < -0.3 is 9.52 Å². The molecule has 0 saturated carbocycles. The molecule has 3 nitrogen and oxygen atoms in total. The monoisotopic (exact) mass is 580 g/mol. The van der Waals surface area contributed by atoms with Gasteiger partial charge in [0, 0.05) is 28.5 Å². The van der Waals surface area contributed by atoms with Gasteiger partial charge in [0.2, 0.25) is 0 Å². The Morgan fingerprint density at radius 2 is 1.88 bits per heavy atom. The molecule has 0 amide bonds. The zero-order valence-corrected chi connectivity index (χ0v) is 18.5. The zero-order valence-electron chi connectivity index (χ0n) is 13.4. The number of phenolic OH excluding ortho intramolecular Hbond substituents is 1. The molecule has 130 valence electrons. The van der Waals surface area contributed by atoms with Crippen molar-refractivity contribution in [3.63, 3.8) is 0 Å². The third-order valence-corrected chi connectivity index (χ3v) is 5.87. The van der Waals surface area contributed by atoms with Gasteiger partial charge in [-0.3, -0.25) is 4.79 Å². The van der Waals surface area contributed by atoms with Crippen LogP contribution in [0.15, 0.2) is 34.7 Å². The first-order chi connectivity index (χ1) is 11.9. The van der Waals surface area contributed by atoms with Crippen molar-refractivity contribution >= 4 is 73.5 Å². The van der Waals surface area contributed by atoms with Crippen LogP contribution in [0.5, 0.6) is 5.75 Å². The lowest BCUT2D eigenvalue weighted by Crippen LogP contribution is -2.05. The molecule has 1 N–H and O–H groups in total. The van der Waals surface area contributed by atoms with Crippen molar-refractivity contribution in [2.45, 2.75) is 26.2 Å². The summed E-state index contributed by atoms with van der Waals surface area (Å²) in [7, 11) is 0. The topological polar surface area (TPSA) is 50.4 Å². The summed E-state index contributed by atoms with van der Waals surface area (Å²) < 4.78 is 7.25. The highest BCUT2D eigenvalue weighted by atomic mass is 127. The second-order valence-electron chi connectivity index (χ2n) is 5.76. The van der Waals surface area contributed by atoms with Crippen LogP contribution < -0.4 is 0 Å². The van der Waals surface area contributed by atoms with Gasteiger partial charge in [0.25, 0.3) is 0 Å². The minimum absolute atomic E-state index is 0.0944. The summed E-state index contributed by atoms with van der Waals surface area (Å²) in [5.41, 5.74) is 1.77. The lowest BCUT2D eigenvalue weighted by Gasteiger charge is -2.06. The Kier molecular flexibility index (Phi) is 5.95. The van der Waals surface area contributed by atoms with E-state index < -0.39 is 0 Å². The molecule has 0 atom stereocenters. The first-order valence-corrected chi connectivity index (χ1v) is 10.4. The number of ketones is 1. The summed E-state index contributed by atoms with van der Waals surface area (Å²) >= 11 is 10.1. The van der Waals surface area contributed by atoms with Crippen molar-refractivity contribution in [3.05, 3.63) is 59.4 Å². The molecule has 0 saturated heterocycles. The molecule has 6 heteroatoms. The second kappa shape index (κ2) is 7.84. The van der Waals surface area contributed by atoms with Crippen molar-refractivity contribution in [2.75, 3.05) is 0 Å². The van der Waals surface area contributed by atoms with E-state index in [1.54, 1.807) is 24.3 Å². The molecule has 2 aromatic carbocycles. The quantitative estimate of drug-likeness (QED) is 0.274. The number of phenols is 1. The van der Waals surface area contributed by atoms with Crippen molar-refractivity contribution in [2.24, 2.45) is 0 Å². The Balaban J connectivity index is 2.17.